The topological polar surface area (TPSA) is 58.2 Å². The van der Waals surface area contributed by atoms with E-state index in [1.54, 1.807) is 6.08 Å². The van der Waals surface area contributed by atoms with E-state index >= 15 is 0 Å². The highest BCUT2D eigenvalue weighted by Gasteiger charge is 2.18. The van der Waals surface area contributed by atoms with Crippen molar-refractivity contribution < 1.29 is 17.5 Å². The Balaban J connectivity index is 2.80. The SMILES string of the molecule is C=Cc1cccc[n+]1[C@H](C)CCS(=O)(=O)O. The molecule has 0 fully saturated rings. The van der Waals surface area contributed by atoms with E-state index in [9.17, 15) is 8.42 Å². The standard InChI is InChI=1S/C11H15NO3S/c1-3-11-6-4-5-8-12(11)10(2)7-9-16(13,14)15/h3-6,8,10H,1,7,9H2,2H3/p+1/t10-/m1/s1. The summed E-state index contributed by atoms with van der Waals surface area (Å²) >= 11 is 0. The second kappa shape index (κ2) is 5.23. The van der Waals surface area contributed by atoms with Gasteiger partial charge in [-0.1, -0.05) is 6.58 Å². The molecule has 0 aliphatic heterocycles. The number of nitrogens with zero attached hydrogens (tertiary/aromatic N) is 1. The van der Waals surface area contributed by atoms with Crippen molar-refractivity contribution in [3.8, 4) is 0 Å². The minimum absolute atomic E-state index is 0.00359. The molecule has 0 saturated carbocycles. The summed E-state index contributed by atoms with van der Waals surface area (Å²) in [4.78, 5) is 0. The van der Waals surface area contributed by atoms with Crippen molar-refractivity contribution in [2.24, 2.45) is 0 Å². The zero-order chi connectivity index (χ0) is 12.2. The van der Waals surface area contributed by atoms with Crippen LogP contribution in [0.25, 0.3) is 6.08 Å². The molecule has 16 heavy (non-hydrogen) atoms. The van der Waals surface area contributed by atoms with E-state index in [4.69, 9.17) is 4.55 Å². The summed E-state index contributed by atoms with van der Waals surface area (Å²) in [7, 11) is -3.89. The Hall–Kier alpha value is -1.20. The summed E-state index contributed by atoms with van der Waals surface area (Å²) in [5, 5.41) is 0. The summed E-state index contributed by atoms with van der Waals surface area (Å²) in [6.45, 7) is 5.60. The van der Waals surface area contributed by atoms with E-state index in [1.807, 2.05) is 35.9 Å². The molecule has 0 spiro atoms. The number of hydrogen-bond donors (Lipinski definition) is 1. The molecule has 0 radical (unpaired) electrons. The number of aromatic nitrogens is 1. The molecule has 88 valence electrons. The predicted octanol–water partition coefficient (Wildman–Crippen LogP) is 1.46. The third kappa shape index (κ3) is 3.75. The molecule has 1 rings (SSSR count). The van der Waals surface area contributed by atoms with E-state index in [2.05, 4.69) is 6.58 Å². The van der Waals surface area contributed by atoms with Crippen molar-refractivity contribution in [2.45, 2.75) is 19.4 Å². The fraction of sp³-hybridized carbons (Fsp3) is 0.364. The van der Waals surface area contributed by atoms with E-state index in [0.717, 1.165) is 5.69 Å². The largest absolute Gasteiger partial charge is 0.286 e. The average Bonchev–Trinajstić information content (AvgIpc) is 2.25. The number of rotatable bonds is 5. The third-order valence-corrected chi connectivity index (χ3v) is 3.15. The van der Waals surface area contributed by atoms with Gasteiger partial charge in [0.25, 0.3) is 10.1 Å². The Kier molecular flexibility index (Phi) is 4.20. The van der Waals surface area contributed by atoms with Gasteiger partial charge in [0.2, 0.25) is 5.69 Å². The van der Waals surface area contributed by atoms with Gasteiger partial charge in [0.1, 0.15) is 0 Å². The molecular weight excluding hydrogens is 226 g/mol. The van der Waals surface area contributed by atoms with Crippen molar-refractivity contribution in [2.75, 3.05) is 5.75 Å². The molecule has 0 amide bonds. The second-order valence-corrected chi connectivity index (χ2v) is 5.23. The highest BCUT2D eigenvalue weighted by atomic mass is 32.2. The highest BCUT2D eigenvalue weighted by molar-refractivity contribution is 7.85. The molecule has 0 unspecified atom stereocenters. The fourth-order valence-electron chi connectivity index (χ4n) is 1.50. The normalized spacial score (nSPS) is 13.4. The molecule has 0 aliphatic carbocycles. The van der Waals surface area contributed by atoms with E-state index in [1.165, 1.54) is 0 Å². The average molecular weight is 242 g/mol. The molecule has 1 aromatic rings. The Morgan fingerprint density at radius 1 is 1.56 bits per heavy atom. The minimum Gasteiger partial charge on any atom is -0.286 e. The molecule has 0 saturated heterocycles. The van der Waals surface area contributed by atoms with Crippen molar-refractivity contribution in [3.63, 3.8) is 0 Å². The first-order valence-corrected chi connectivity index (χ1v) is 6.62. The van der Waals surface area contributed by atoms with Crippen LogP contribution in [0.15, 0.2) is 31.0 Å². The van der Waals surface area contributed by atoms with Crippen LogP contribution >= 0.6 is 0 Å². The van der Waals surface area contributed by atoms with Gasteiger partial charge in [0.15, 0.2) is 12.2 Å². The minimum atomic E-state index is -3.89. The van der Waals surface area contributed by atoms with Gasteiger partial charge < -0.3 is 0 Å². The molecule has 0 aromatic carbocycles. The van der Waals surface area contributed by atoms with E-state index in [-0.39, 0.29) is 11.8 Å². The van der Waals surface area contributed by atoms with Crippen LogP contribution in [0.4, 0.5) is 0 Å². The van der Waals surface area contributed by atoms with Crippen LogP contribution in [-0.2, 0) is 10.1 Å². The van der Waals surface area contributed by atoms with Crippen LogP contribution in [0.1, 0.15) is 25.1 Å². The van der Waals surface area contributed by atoms with Crippen LogP contribution in [-0.4, -0.2) is 18.7 Å². The van der Waals surface area contributed by atoms with Crippen LogP contribution < -0.4 is 4.57 Å². The Morgan fingerprint density at radius 3 is 2.81 bits per heavy atom. The van der Waals surface area contributed by atoms with Crippen molar-refractivity contribution >= 4 is 16.2 Å². The summed E-state index contributed by atoms with van der Waals surface area (Å²) in [6.07, 6.45) is 3.95. The predicted molar refractivity (Wildman–Crippen MR) is 62.5 cm³/mol. The number of hydrogen-bond acceptors (Lipinski definition) is 2. The first-order valence-electron chi connectivity index (χ1n) is 5.02. The van der Waals surface area contributed by atoms with Gasteiger partial charge >= 0.3 is 0 Å². The maximum absolute atomic E-state index is 10.6. The van der Waals surface area contributed by atoms with Gasteiger partial charge in [-0.25, -0.2) is 0 Å². The first kappa shape index (κ1) is 12.9. The van der Waals surface area contributed by atoms with Crippen LogP contribution in [0.2, 0.25) is 0 Å². The molecule has 0 bridgehead atoms. The molecular formula is C11H16NO3S+. The lowest BCUT2D eigenvalue weighted by molar-refractivity contribution is -0.721. The quantitative estimate of drug-likeness (QED) is 0.628. The van der Waals surface area contributed by atoms with Crippen LogP contribution in [0.5, 0.6) is 0 Å². The van der Waals surface area contributed by atoms with Gasteiger partial charge in [-0.05, 0) is 13.0 Å². The molecule has 1 aromatic heterocycles. The van der Waals surface area contributed by atoms with Gasteiger partial charge in [-0.3, -0.25) is 4.55 Å². The van der Waals surface area contributed by atoms with Crippen molar-refractivity contribution in [3.05, 3.63) is 36.7 Å². The molecule has 1 atom stereocenters. The second-order valence-electron chi connectivity index (χ2n) is 3.66. The first-order chi connectivity index (χ1) is 7.44. The zero-order valence-corrected chi connectivity index (χ0v) is 10.0. The van der Waals surface area contributed by atoms with Gasteiger partial charge in [-0.2, -0.15) is 13.0 Å². The summed E-state index contributed by atoms with van der Waals surface area (Å²) in [5.74, 6) is -0.230. The Morgan fingerprint density at radius 2 is 2.25 bits per heavy atom. The lowest BCUT2D eigenvalue weighted by Crippen LogP contribution is -2.41. The van der Waals surface area contributed by atoms with Gasteiger partial charge in [0, 0.05) is 24.6 Å². The fourth-order valence-corrected chi connectivity index (χ4v) is 2.14. The summed E-state index contributed by atoms with van der Waals surface area (Å²) in [6, 6.07) is 5.66. The lowest BCUT2D eigenvalue weighted by Gasteiger charge is -2.08. The molecule has 4 nitrogen and oxygen atoms in total. The molecule has 0 aliphatic rings. The third-order valence-electron chi connectivity index (χ3n) is 2.40. The molecule has 5 heteroatoms. The highest BCUT2D eigenvalue weighted by Crippen LogP contribution is 2.06. The summed E-state index contributed by atoms with van der Waals surface area (Å²) in [5.41, 5.74) is 0.922. The van der Waals surface area contributed by atoms with Gasteiger partial charge in [0.05, 0.1) is 5.75 Å². The molecule has 1 N–H and O–H groups in total. The van der Waals surface area contributed by atoms with Crippen molar-refractivity contribution in [1.29, 1.82) is 0 Å². The maximum Gasteiger partial charge on any atom is 0.265 e. The Bertz CT molecular complexity index is 468. The van der Waals surface area contributed by atoms with E-state index < -0.39 is 10.1 Å². The van der Waals surface area contributed by atoms with Crippen LogP contribution in [0.3, 0.4) is 0 Å². The molecule has 1 heterocycles. The van der Waals surface area contributed by atoms with Crippen molar-refractivity contribution in [1.82, 2.24) is 0 Å². The van der Waals surface area contributed by atoms with E-state index in [0.29, 0.717) is 6.42 Å². The zero-order valence-electron chi connectivity index (χ0n) is 9.20. The Labute approximate surface area is 96.0 Å². The van der Waals surface area contributed by atoms with Gasteiger partial charge in [-0.15, -0.1) is 0 Å². The van der Waals surface area contributed by atoms with Crippen LogP contribution in [0, 0.1) is 0 Å². The maximum atomic E-state index is 10.6. The monoisotopic (exact) mass is 242 g/mol. The number of pyridine rings is 1. The smallest absolute Gasteiger partial charge is 0.265 e. The lowest BCUT2D eigenvalue weighted by atomic mass is 10.2. The summed E-state index contributed by atoms with van der Waals surface area (Å²) < 4.78 is 31.9.